The number of nitrogens with one attached hydrogen (secondary N) is 1. The number of fused-ring (bicyclic) bond motifs is 1. The highest BCUT2D eigenvalue weighted by Gasteiger charge is 2.31. The van der Waals surface area contributed by atoms with Crippen LogP contribution in [0.5, 0.6) is 0 Å². The Balaban J connectivity index is 2.23. The number of hydrogen-bond donors (Lipinski definition) is 1. The molecule has 3 nitrogen and oxygen atoms in total. The van der Waals surface area contributed by atoms with E-state index in [1.165, 1.54) is 11.1 Å². The molecule has 3 unspecified atom stereocenters. The van der Waals surface area contributed by atoms with Gasteiger partial charge in [-0.05, 0) is 43.4 Å². The van der Waals surface area contributed by atoms with Gasteiger partial charge in [-0.3, -0.25) is 4.21 Å². The number of aryl methyl sites for hydroxylation is 1. The quantitative estimate of drug-likeness (QED) is 0.787. The zero-order valence-electron chi connectivity index (χ0n) is 13.1. The maximum Gasteiger partial charge on any atom is 0.0577 e. The van der Waals surface area contributed by atoms with Gasteiger partial charge >= 0.3 is 0 Å². The molecule has 0 saturated carbocycles. The number of benzene rings is 1. The van der Waals surface area contributed by atoms with Crippen LogP contribution in [-0.4, -0.2) is 35.5 Å². The maximum absolute atomic E-state index is 12.7. The average Bonchev–Trinajstić information content (AvgIpc) is 2.70. The molecule has 0 aliphatic heterocycles. The molecule has 1 aromatic rings. The van der Waals surface area contributed by atoms with Crippen LogP contribution in [0, 0.1) is 0 Å². The lowest BCUT2D eigenvalue weighted by molar-refractivity contribution is 0.217. The Hall–Kier alpha value is -0.710. The van der Waals surface area contributed by atoms with Crippen molar-refractivity contribution < 1.29 is 8.95 Å². The number of methoxy groups -OCH3 is 1. The molecule has 0 amide bonds. The average molecular weight is 309 g/mol. The van der Waals surface area contributed by atoms with Crippen molar-refractivity contribution in [3.05, 3.63) is 35.4 Å². The normalized spacial score (nSPS) is 23.3. The first kappa shape index (κ1) is 16.7. The lowest BCUT2D eigenvalue weighted by Crippen LogP contribution is -2.36. The third-order valence-electron chi connectivity index (χ3n) is 4.14. The Morgan fingerprint density at radius 2 is 2.19 bits per heavy atom. The Labute approximate surface area is 130 Å². The number of hydrogen-bond acceptors (Lipinski definition) is 3. The molecule has 0 bridgehead atoms. The molecule has 0 aromatic heterocycles. The molecule has 0 radical (unpaired) electrons. The summed E-state index contributed by atoms with van der Waals surface area (Å²) >= 11 is 0. The molecule has 2 rings (SSSR count). The third-order valence-corrected chi connectivity index (χ3v) is 5.89. The molecular formula is C17H27NO2S. The van der Waals surface area contributed by atoms with Crippen LogP contribution in [0.3, 0.4) is 0 Å². The van der Waals surface area contributed by atoms with Crippen molar-refractivity contribution >= 4 is 10.8 Å². The molecule has 0 heterocycles. The van der Waals surface area contributed by atoms with E-state index in [4.69, 9.17) is 4.74 Å². The van der Waals surface area contributed by atoms with Crippen molar-refractivity contribution in [3.63, 3.8) is 0 Å². The molecule has 1 aromatic carbocycles. The molecule has 0 saturated heterocycles. The Bertz CT molecular complexity index is 464. The van der Waals surface area contributed by atoms with Gasteiger partial charge < -0.3 is 10.1 Å². The van der Waals surface area contributed by atoms with E-state index in [0.717, 1.165) is 32.2 Å². The monoisotopic (exact) mass is 309 g/mol. The second kappa shape index (κ2) is 8.66. The number of rotatable bonds is 7. The van der Waals surface area contributed by atoms with E-state index in [9.17, 15) is 4.21 Å². The van der Waals surface area contributed by atoms with Gasteiger partial charge in [0.1, 0.15) is 0 Å². The third kappa shape index (κ3) is 4.38. The van der Waals surface area contributed by atoms with Crippen LogP contribution in [0.15, 0.2) is 24.3 Å². The van der Waals surface area contributed by atoms with E-state index in [2.05, 4.69) is 36.5 Å². The molecule has 3 atom stereocenters. The Kier molecular flexibility index (Phi) is 6.87. The second-order valence-corrected chi connectivity index (χ2v) is 7.41. The predicted octanol–water partition coefficient (Wildman–Crippen LogP) is 2.83. The molecule has 0 spiro atoms. The van der Waals surface area contributed by atoms with E-state index in [1.807, 2.05) is 0 Å². The van der Waals surface area contributed by atoms with Crippen molar-refractivity contribution in [2.45, 2.75) is 43.9 Å². The fourth-order valence-electron chi connectivity index (χ4n) is 3.07. The molecule has 0 fully saturated rings. The highest BCUT2D eigenvalue weighted by molar-refractivity contribution is 7.85. The summed E-state index contributed by atoms with van der Waals surface area (Å²) in [6.45, 7) is 3.72. The van der Waals surface area contributed by atoms with E-state index < -0.39 is 10.8 Å². The van der Waals surface area contributed by atoms with Gasteiger partial charge in [0.15, 0.2) is 0 Å². The standard InChI is InChI=1S/C17H27NO2S/c1-3-11-18-17-15-9-5-4-7-14(15)8-6-10-16(17)21(19)13-12-20-2/h4-5,7,9,16-18H,3,6,8,10-13H2,1-2H3. The summed E-state index contributed by atoms with van der Waals surface area (Å²) in [7, 11) is 0.827. The first-order valence-electron chi connectivity index (χ1n) is 7.95. The van der Waals surface area contributed by atoms with Crippen molar-refractivity contribution in [3.8, 4) is 0 Å². The minimum absolute atomic E-state index is 0.190. The molecule has 4 heteroatoms. The fourth-order valence-corrected chi connectivity index (χ4v) is 4.68. The van der Waals surface area contributed by atoms with Crippen molar-refractivity contribution in [2.75, 3.05) is 26.0 Å². The molecular weight excluding hydrogens is 282 g/mol. The van der Waals surface area contributed by atoms with Crippen LogP contribution in [-0.2, 0) is 22.0 Å². The zero-order valence-corrected chi connectivity index (χ0v) is 14.0. The fraction of sp³-hybridized carbons (Fsp3) is 0.647. The molecule has 118 valence electrons. The number of ether oxygens (including phenoxy) is 1. The maximum atomic E-state index is 12.7. The van der Waals surface area contributed by atoms with E-state index in [1.54, 1.807) is 7.11 Å². The van der Waals surface area contributed by atoms with E-state index in [-0.39, 0.29) is 11.3 Å². The summed E-state index contributed by atoms with van der Waals surface area (Å²) in [4.78, 5) is 0. The summed E-state index contributed by atoms with van der Waals surface area (Å²) in [5, 5.41) is 3.83. The van der Waals surface area contributed by atoms with Gasteiger partial charge in [-0.15, -0.1) is 0 Å². The summed E-state index contributed by atoms with van der Waals surface area (Å²) in [6.07, 6.45) is 4.33. The minimum Gasteiger partial charge on any atom is -0.384 e. The first-order chi connectivity index (χ1) is 10.3. The van der Waals surface area contributed by atoms with Gasteiger partial charge in [-0.2, -0.15) is 0 Å². The van der Waals surface area contributed by atoms with Crippen LogP contribution < -0.4 is 5.32 Å². The molecule has 1 aliphatic rings. The van der Waals surface area contributed by atoms with Gasteiger partial charge in [0.2, 0.25) is 0 Å². The smallest absolute Gasteiger partial charge is 0.0577 e. The molecule has 1 N–H and O–H groups in total. The van der Waals surface area contributed by atoms with Gasteiger partial charge in [-0.25, -0.2) is 0 Å². The Morgan fingerprint density at radius 3 is 2.95 bits per heavy atom. The van der Waals surface area contributed by atoms with E-state index in [0.29, 0.717) is 12.4 Å². The van der Waals surface area contributed by atoms with Crippen molar-refractivity contribution in [1.29, 1.82) is 0 Å². The minimum atomic E-state index is -0.846. The van der Waals surface area contributed by atoms with Crippen LogP contribution >= 0.6 is 0 Å². The van der Waals surface area contributed by atoms with Gasteiger partial charge in [0.05, 0.1) is 11.9 Å². The first-order valence-corrected chi connectivity index (χ1v) is 9.33. The summed E-state index contributed by atoms with van der Waals surface area (Å²) in [5.74, 6) is 0.633. The predicted molar refractivity (Wildman–Crippen MR) is 89.1 cm³/mol. The molecule has 21 heavy (non-hydrogen) atoms. The second-order valence-electron chi connectivity index (χ2n) is 5.64. The summed E-state index contributed by atoms with van der Waals surface area (Å²) in [5.41, 5.74) is 2.76. The Morgan fingerprint density at radius 1 is 1.38 bits per heavy atom. The SMILES string of the molecule is CCCNC1c2ccccc2CCCC1S(=O)CCOC. The van der Waals surface area contributed by atoms with Crippen LogP contribution in [0.1, 0.15) is 43.4 Å². The topological polar surface area (TPSA) is 38.3 Å². The van der Waals surface area contributed by atoms with Crippen LogP contribution in [0.25, 0.3) is 0 Å². The van der Waals surface area contributed by atoms with Crippen molar-refractivity contribution in [2.24, 2.45) is 0 Å². The highest BCUT2D eigenvalue weighted by atomic mass is 32.2. The summed E-state index contributed by atoms with van der Waals surface area (Å²) < 4.78 is 17.8. The van der Waals surface area contributed by atoms with Crippen molar-refractivity contribution in [1.82, 2.24) is 5.32 Å². The zero-order chi connectivity index (χ0) is 15.1. The lowest BCUT2D eigenvalue weighted by atomic mass is 9.99. The van der Waals surface area contributed by atoms with E-state index >= 15 is 0 Å². The van der Waals surface area contributed by atoms with Gasteiger partial charge in [0, 0.05) is 29.7 Å². The van der Waals surface area contributed by atoms with Gasteiger partial charge in [0.25, 0.3) is 0 Å². The summed E-state index contributed by atoms with van der Waals surface area (Å²) in [6, 6.07) is 8.84. The lowest BCUT2D eigenvalue weighted by Gasteiger charge is -2.27. The van der Waals surface area contributed by atoms with Gasteiger partial charge in [-0.1, -0.05) is 31.2 Å². The highest BCUT2D eigenvalue weighted by Crippen LogP contribution is 2.32. The van der Waals surface area contributed by atoms with Crippen LogP contribution in [0.4, 0.5) is 0 Å². The largest absolute Gasteiger partial charge is 0.384 e. The van der Waals surface area contributed by atoms with Crippen LogP contribution in [0.2, 0.25) is 0 Å². The molecule has 1 aliphatic carbocycles.